The van der Waals surface area contributed by atoms with E-state index in [-0.39, 0.29) is 17.7 Å². The van der Waals surface area contributed by atoms with Crippen LogP contribution in [-0.2, 0) is 9.59 Å². The number of piperidine rings is 1. The van der Waals surface area contributed by atoms with Crippen LogP contribution < -0.4 is 10.6 Å². The van der Waals surface area contributed by atoms with E-state index in [1.807, 2.05) is 0 Å². The second-order valence-electron chi connectivity index (χ2n) is 6.37. The second kappa shape index (κ2) is 4.75. The molecule has 2 saturated heterocycles. The lowest BCUT2D eigenvalue weighted by Crippen LogP contribution is -2.60. The molecular weight excluding hydrogens is 258 g/mol. The maximum Gasteiger partial charge on any atom is 0.322 e. The van der Waals surface area contributed by atoms with Crippen molar-refractivity contribution >= 4 is 17.8 Å². The monoisotopic (exact) mass is 279 g/mol. The van der Waals surface area contributed by atoms with Gasteiger partial charge in [-0.25, -0.2) is 4.79 Å². The van der Waals surface area contributed by atoms with Crippen molar-refractivity contribution in [3.05, 3.63) is 0 Å². The smallest absolute Gasteiger partial charge is 0.322 e. The summed E-state index contributed by atoms with van der Waals surface area (Å²) in [5.41, 5.74) is -0.896. The SMILES string of the molecule is CC1CCCC1C(=O)N1CCCC2(C1)NC(=O)NC2=O. The van der Waals surface area contributed by atoms with Crippen LogP contribution in [0.15, 0.2) is 0 Å². The van der Waals surface area contributed by atoms with E-state index < -0.39 is 11.6 Å². The number of likely N-dealkylation sites (tertiary alicyclic amines) is 1. The third kappa shape index (κ3) is 2.07. The summed E-state index contributed by atoms with van der Waals surface area (Å²) in [5.74, 6) is 0.375. The van der Waals surface area contributed by atoms with Crippen molar-refractivity contribution in [2.24, 2.45) is 11.8 Å². The van der Waals surface area contributed by atoms with Gasteiger partial charge < -0.3 is 10.2 Å². The molecule has 0 radical (unpaired) electrons. The Labute approximate surface area is 118 Å². The molecule has 1 aliphatic carbocycles. The van der Waals surface area contributed by atoms with Crippen molar-refractivity contribution in [3.63, 3.8) is 0 Å². The van der Waals surface area contributed by atoms with Gasteiger partial charge in [-0.1, -0.05) is 13.3 Å². The van der Waals surface area contributed by atoms with E-state index in [0.717, 1.165) is 25.7 Å². The molecule has 0 aromatic rings. The Morgan fingerprint density at radius 3 is 2.70 bits per heavy atom. The molecule has 0 aromatic heterocycles. The number of imide groups is 1. The van der Waals surface area contributed by atoms with Gasteiger partial charge in [-0.15, -0.1) is 0 Å². The molecule has 110 valence electrons. The van der Waals surface area contributed by atoms with Crippen molar-refractivity contribution in [2.75, 3.05) is 13.1 Å². The predicted octanol–water partition coefficient (Wildman–Crippen LogP) is 0.623. The molecule has 2 aliphatic heterocycles. The van der Waals surface area contributed by atoms with Crippen molar-refractivity contribution in [3.8, 4) is 0 Å². The van der Waals surface area contributed by atoms with Gasteiger partial charge in [0.25, 0.3) is 5.91 Å². The third-order valence-electron chi connectivity index (χ3n) is 5.00. The summed E-state index contributed by atoms with van der Waals surface area (Å²) < 4.78 is 0. The van der Waals surface area contributed by atoms with Gasteiger partial charge in [0, 0.05) is 12.5 Å². The van der Waals surface area contributed by atoms with Crippen molar-refractivity contribution in [1.82, 2.24) is 15.5 Å². The van der Waals surface area contributed by atoms with E-state index in [9.17, 15) is 14.4 Å². The van der Waals surface area contributed by atoms with Crippen LogP contribution in [0.3, 0.4) is 0 Å². The summed E-state index contributed by atoms with van der Waals surface area (Å²) in [6.45, 7) is 3.12. The van der Waals surface area contributed by atoms with Gasteiger partial charge in [-0.05, 0) is 31.6 Å². The molecule has 6 nitrogen and oxygen atoms in total. The molecule has 2 heterocycles. The van der Waals surface area contributed by atoms with Crippen LogP contribution in [0.2, 0.25) is 0 Å². The summed E-state index contributed by atoms with van der Waals surface area (Å²) >= 11 is 0. The number of hydrogen-bond donors (Lipinski definition) is 2. The largest absolute Gasteiger partial charge is 0.340 e. The fourth-order valence-corrected chi connectivity index (χ4v) is 3.81. The molecular formula is C14H21N3O3. The van der Waals surface area contributed by atoms with Crippen LogP contribution in [0.1, 0.15) is 39.0 Å². The fourth-order valence-electron chi connectivity index (χ4n) is 3.81. The molecule has 2 N–H and O–H groups in total. The normalized spacial score (nSPS) is 37.1. The number of hydrogen-bond acceptors (Lipinski definition) is 3. The average molecular weight is 279 g/mol. The number of nitrogens with one attached hydrogen (secondary N) is 2. The third-order valence-corrected chi connectivity index (χ3v) is 5.00. The van der Waals surface area contributed by atoms with Crippen LogP contribution >= 0.6 is 0 Å². The minimum Gasteiger partial charge on any atom is -0.340 e. The first-order chi connectivity index (χ1) is 9.52. The van der Waals surface area contributed by atoms with Crippen molar-refractivity contribution in [2.45, 2.75) is 44.6 Å². The van der Waals surface area contributed by atoms with E-state index in [1.165, 1.54) is 0 Å². The Morgan fingerprint density at radius 1 is 1.30 bits per heavy atom. The van der Waals surface area contributed by atoms with E-state index in [2.05, 4.69) is 17.6 Å². The predicted molar refractivity (Wildman–Crippen MR) is 71.7 cm³/mol. The molecule has 6 heteroatoms. The van der Waals surface area contributed by atoms with Crippen molar-refractivity contribution < 1.29 is 14.4 Å². The Morgan fingerprint density at radius 2 is 2.10 bits per heavy atom. The lowest BCUT2D eigenvalue weighted by Gasteiger charge is -2.39. The molecule has 1 spiro atoms. The minimum atomic E-state index is -0.896. The van der Waals surface area contributed by atoms with Gasteiger partial charge in [0.05, 0.1) is 6.54 Å². The number of urea groups is 1. The molecule has 3 aliphatic rings. The second-order valence-corrected chi connectivity index (χ2v) is 6.37. The van der Waals surface area contributed by atoms with Gasteiger partial charge in [0.2, 0.25) is 5.91 Å². The lowest BCUT2D eigenvalue weighted by molar-refractivity contribution is -0.140. The summed E-state index contributed by atoms with van der Waals surface area (Å²) in [7, 11) is 0. The maximum atomic E-state index is 12.6. The highest BCUT2D eigenvalue weighted by molar-refractivity contribution is 6.07. The zero-order valence-electron chi connectivity index (χ0n) is 11.8. The molecule has 3 fully saturated rings. The van der Waals surface area contributed by atoms with E-state index in [4.69, 9.17) is 0 Å². The molecule has 3 rings (SSSR count). The molecule has 3 atom stereocenters. The van der Waals surface area contributed by atoms with Gasteiger partial charge in [-0.3, -0.25) is 14.9 Å². The molecule has 0 aromatic carbocycles. The van der Waals surface area contributed by atoms with E-state index >= 15 is 0 Å². The number of nitrogens with zero attached hydrogens (tertiary/aromatic N) is 1. The molecule has 20 heavy (non-hydrogen) atoms. The summed E-state index contributed by atoms with van der Waals surface area (Å²) in [4.78, 5) is 37.7. The molecule has 1 saturated carbocycles. The van der Waals surface area contributed by atoms with Gasteiger partial charge in [-0.2, -0.15) is 0 Å². The van der Waals surface area contributed by atoms with Crippen LogP contribution in [0.5, 0.6) is 0 Å². The van der Waals surface area contributed by atoms with Gasteiger partial charge >= 0.3 is 6.03 Å². The molecule has 4 amide bonds. The van der Waals surface area contributed by atoms with Crippen LogP contribution in [0, 0.1) is 11.8 Å². The summed E-state index contributed by atoms with van der Waals surface area (Å²) in [5, 5.41) is 5.00. The molecule has 3 unspecified atom stereocenters. The van der Waals surface area contributed by atoms with E-state index in [1.54, 1.807) is 4.90 Å². The number of amides is 4. The van der Waals surface area contributed by atoms with Gasteiger partial charge in [0.15, 0.2) is 0 Å². The average Bonchev–Trinajstić information content (AvgIpc) is 2.94. The van der Waals surface area contributed by atoms with Crippen LogP contribution in [0.25, 0.3) is 0 Å². The van der Waals surface area contributed by atoms with E-state index in [0.29, 0.717) is 25.4 Å². The Hall–Kier alpha value is -1.59. The highest BCUT2D eigenvalue weighted by atomic mass is 16.2. The Bertz CT molecular complexity index is 465. The summed E-state index contributed by atoms with van der Waals surface area (Å²) in [6.07, 6.45) is 4.51. The zero-order chi connectivity index (χ0) is 14.3. The highest BCUT2D eigenvalue weighted by Crippen LogP contribution is 2.34. The summed E-state index contributed by atoms with van der Waals surface area (Å²) in [6, 6.07) is -0.446. The number of carbonyl (C=O) groups is 3. The van der Waals surface area contributed by atoms with Gasteiger partial charge in [0.1, 0.15) is 5.54 Å². The fraction of sp³-hybridized carbons (Fsp3) is 0.786. The number of carbonyl (C=O) groups excluding carboxylic acids is 3. The van der Waals surface area contributed by atoms with Crippen LogP contribution in [0.4, 0.5) is 4.79 Å². The first-order valence-electron chi connectivity index (χ1n) is 7.44. The zero-order valence-corrected chi connectivity index (χ0v) is 11.8. The highest BCUT2D eigenvalue weighted by Gasteiger charge is 2.50. The quantitative estimate of drug-likeness (QED) is 0.691. The number of rotatable bonds is 1. The first kappa shape index (κ1) is 13.4. The first-order valence-corrected chi connectivity index (χ1v) is 7.44. The van der Waals surface area contributed by atoms with Crippen LogP contribution in [-0.4, -0.2) is 41.4 Å². The standard InChI is InChI=1S/C14H21N3O3/c1-9-4-2-5-10(9)11(18)17-7-3-6-14(8-17)12(19)15-13(20)16-14/h9-10H,2-8H2,1H3,(H2,15,16,19,20). The van der Waals surface area contributed by atoms with Crippen molar-refractivity contribution in [1.29, 1.82) is 0 Å². The Balaban J connectivity index is 1.74. The Kier molecular flexibility index (Phi) is 3.18. The lowest BCUT2D eigenvalue weighted by atomic mass is 9.87. The maximum absolute atomic E-state index is 12.6. The topological polar surface area (TPSA) is 78.5 Å². The molecule has 0 bridgehead atoms. The minimum absolute atomic E-state index is 0.0883.